The number of aliphatic hydroxyl groups is 2. The van der Waals surface area contributed by atoms with Crippen molar-refractivity contribution in [1.29, 1.82) is 0 Å². The second kappa shape index (κ2) is 12.6. The number of benzene rings is 1. The lowest BCUT2D eigenvalue weighted by molar-refractivity contribution is -0.144. The quantitative estimate of drug-likeness (QED) is 0.383. The zero-order valence-electron chi connectivity index (χ0n) is 13.8. The number of carbonyl (C=O) groups is 2. The first-order valence-electron chi connectivity index (χ1n) is 7.59. The van der Waals surface area contributed by atoms with Crippen LogP contribution in [0, 0.1) is 0 Å². The standard InChI is InChI=1S/C16H20Cl2O8/c17-5-15(21)25-9-11(19)7-23-13-1-2-14(4-3-13)24-8-12(20)10-26-16(22)6-18/h1-4,11-12,19-20H,5-10H2/t11-,12-/m1/s1. The number of halogens is 2. The normalized spacial score (nSPS) is 12.8. The van der Waals surface area contributed by atoms with Gasteiger partial charge in [-0.15, -0.1) is 23.2 Å². The second-order valence-electron chi connectivity index (χ2n) is 5.03. The Morgan fingerprint density at radius 3 is 1.42 bits per heavy atom. The van der Waals surface area contributed by atoms with Gasteiger partial charge in [0.15, 0.2) is 0 Å². The fourth-order valence-corrected chi connectivity index (χ4v) is 1.72. The van der Waals surface area contributed by atoms with E-state index in [2.05, 4.69) is 9.47 Å². The maximum Gasteiger partial charge on any atom is 0.320 e. The lowest BCUT2D eigenvalue weighted by Gasteiger charge is -2.14. The molecule has 0 heterocycles. The molecule has 0 aliphatic rings. The first kappa shape index (κ1) is 22.3. The van der Waals surface area contributed by atoms with Gasteiger partial charge in [-0.3, -0.25) is 9.59 Å². The van der Waals surface area contributed by atoms with Gasteiger partial charge in [-0.2, -0.15) is 0 Å². The summed E-state index contributed by atoms with van der Waals surface area (Å²) in [5, 5.41) is 19.2. The van der Waals surface area contributed by atoms with Gasteiger partial charge in [0.1, 0.15) is 61.9 Å². The predicted octanol–water partition coefficient (Wildman–Crippen LogP) is 0.730. The fraction of sp³-hybridized carbons (Fsp3) is 0.500. The van der Waals surface area contributed by atoms with Crippen molar-refractivity contribution < 1.29 is 38.7 Å². The number of esters is 2. The minimum absolute atomic E-state index is 0.0690. The molecule has 146 valence electrons. The van der Waals surface area contributed by atoms with Crippen LogP contribution in [0.2, 0.25) is 0 Å². The summed E-state index contributed by atoms with van der Waals surface area (Å²) in [6, 6.07) is 6.42. The number of hydrogen-bond acceptors (Lipinski definition) is 8. The smallest absolute Gasteiger partial charge is 0.320 e. The van der Waals surface area contributed by atoms with E-state index in [-0.39, 0.29) is 38.2 Å². The van der Waals surface area contributed by atoms with Gasteiger partial charge in [-0.25, -0.2) is 0 Å². The van der Waals surface area contributed by atoms with Crippen molar-refractivity contribution >= 4 is 35.1 Å². The molecule has 0 spiro atoms. The summed E-state index contributed by atoms with van der Waals surface area (Å²) >= 11 is 10.5. The first-order chi connectivity index (χ1) is 12.4. The van der Waals surface area contributed by atoms with Crippen LogP contribution in [0.4, 0.5) is 0 Å². The molecule has 0 aliphatic carbocycles. The Hall–Kier alpha value is -1.74. The first-order valence-corrected chi connectivity index (χ1v) is 8.66. The zero-order chi connectivity index (χ0) is 19.4. The third-order valence-electron chi connectivity index (χ3n) is 2.80. The van der Waals surface area contributed by atoms with Gasteiger partial charge in [-0.1, -0.05) is 0 Å². The monoisotopic (exact) mass is 410 g/mol. The third kappa shape index (κ3) is 9.67. The highest BCUT2D eigenvalue weighted by molar-refractivity contribution is 6.26. The molecule has 10 heteroatoms. The van der Waals surface area contributed by atoms with Crippen LogP contribution in [-0.4, -0.2) is 72.5 Å². The van der Waals surface area contributed by atoms with Crippen LogP contribution in [0.5, 0.6) is 11.5 Å². The molecule has 0 saturated heterocycles. The molecule has 0 bridgehead atoms. The molecule has 0 aromatic heterocycles. The molecular weight excluding hydrogens is 391 g/mol. The van der Waals surface area contributed by atoms with Crippen molar-refractivity contribution in [2.45, 2.75) is 12.2 Å². The molecule has 0 unspecified atom stereocenters. The summed E-state index contributed by atoms with van der Waals surface area (Å²) in [5.74, 6) is -0.857. The Kier molecular flexibility index (Phi) is 10.8. The summed E-state index contributed by atoms with van der Waals surface area (Å²) in [6.45, 7) is -0.557. The van der Waals surface area contributed by atoms with Crippen LogP contribution >= 0.6 is 23.2 Å². The van der Waals surface area contributed by atoms with Crippen molar-refractivity contribution in [1.82, 2.24) is 0 Å². The van der Waals surface area contributed by atoms with E-state index >= 15 is 0 Å². The van der Waals surface area contributed by atoms with Crippen LogP contribution in [0.3, 0.4) is 0 Å². The summed E-state index contributed by atoms with van der Waals surface area (Å²) in [4.78, 5) is 21.7. The number of rotatable bonds is 12. The molecule has 0 radical (unpaired) electrons. The van der Waals surface area contributed by atoms with Crippen LogP contribution in [0.15, 0.2) is 24.3 Å². The molecule has 0 fully saturated rings. The van der Waals surface area contributed by atoms with Gasteiger partial charge in [0.05, 0.1) is 0 Å². The van der Waals surface area contributed by atoms with Crippen molar-refractivity contribution in [3.63, 3.8) is 0 Å². The van der Waals surface area contributed by atoms with Gasteiger partial charge < -0.3 is 29.2 Å². The van der Waals surface area contributed by atoms with Crippen molar-refractivity contribution in [2.24, 2.45) is 0 Å². The van der Waals surface area contributed by atoms with E-state index < -0.39 is 24.1 Å². The molecule has 8 nitrogen and oxygen atoms in total. The fourth-order valence-electron chi connectivity index (χ4n) is 1.57. The van der Waals surface area contributed by atoms with Crippen LogP contribution in [0.1, 0.15) is 0 Å². The molecule has 0 saturated carbocycles. The molecular formula is C16H20Cl2O8. The lowest BCUT2D eigenvalue weighted by atomic mass is 10.3. The van der Waals surface area contributed by atoms with E-state index in [4.69, 9.17) is 32.7 Å². The molecule has 2 N–H and O–H groups in total. The zero-order valence-corrected chi connectivity index (χ0v) is 15.3. The number of aliphatic hydroxyl groups excluding tert-OH is 2. The Labute approximate surface area is 160 Å². The van der Waals surface area contributed by atoms with E-state index in [1.54, 1.807) is 24.3 Å². The molecule has 0 amide bonds. The number of alkyl halides is 2. The average molecular weight is 411 g/mol. The molecule has 1 aromatic rings. The Bertz CT molecular complexity index is 503. The Balaban J connectivity index is 2.28. The summed E-state index contributed by atoms with van der Waals surface area (Å²) in [6.07, 6.45) is -1.96. The predicted molar refractivity (Wildman–Crippen MR) is 92.8 cm³/mol. The number of carbonyl (C=O) groups excluding carboxylic acids is 2. The SMILES string of the molecule is O=C(CCl)OC[C@H](O)COc1ccc(OC[C@@H](O)COC(=O)CCl)cc1. The average Bonchev–Trinajstić information content (AvgIpc) is 2.67. The van der Waals surface area contributed by atoms with E-state index in [0.717, 1.165) is 0 Å². The number of hydrogen-bond donors (Lipinski definition) is 2. The summed E-state index contributed by atoms with van der Waals surface area (Å²) in [5.41, 5.74) is 0. The van der Waals surface area contributed by atoms with Gasteiger partial charge >= 0.3 is 11.9 Å². The molecule has 1 aromatic carbocycles. The number of ether oxygens (including phenoxy) is 4. The molecule has 0 aliphatic heterocycles. The second-order valence-corrected chi connectivity index (χ2v) is 5.57. The topological polar surface area (TPSA) is 112 Å². The minimum atomic E-state index is -0.982. The van der Waals surface area contributed by atoms with Crippen molar-refractivity contribution in [2.75, 3.05) is 38.2 Å². The van der Waals surface area contributed by atoms with Crippen LogP contribution in [-0.2, 0) is 19.1 Å². The summed E-state index contributed by atoms with van der Waals surface area (Å²) in [7, 11) is 0. The highest BCUT2D eigenvalue weighted by Crippen LogP contribution is 2.18. The highest BCUT2D eigenvalue weighted by atomic mass is 35.5. The summed E-state index contributed by atoms with van der Waals surface area (Å²) < 4.78 is 20.0. The molecule has 1 rings (SSSR count). The molecule has 2 atom stereocenters. The Morgan fingerprint density at radius 1 is 0.769 bits per heavy atom. The minimum Gasteiger partial charge on any atom is -0.491 e. The maximum absolute atomic E-state index is 10.9. The van der Waals surface area contributed by atoms with Gasteiger partial charge in [-0.05, 0) is 24.3 Å². The van der Waals surface area contributed by atoms with E-state index in [9.17, 15) is 19.8 Å². The van der Waals surface area contributed by atoms with Crippen LogP contribution in [0.25, 0.3) is 0 Å². The maximum atomic E-state index is 10.9. The van der Waals surface area contributed by atoms with E-state index in [1.807, 2.05) is 0 Å². The third-order valence-corrected chi connectivity index (χ3v) is 3.24. The highest BCUT2D eigenvalue weighted by Gasteiger charge is 2.10. The van der Waals surface area contributed by atoms with Crippen molar-refractivity contribution in [3.05, 3.63) is 24.3 Å². The van der Waals surface area contributed by atoms with Gasteiger partial charge in [0, 0.05) is 0 Å². The van der Waals surface area contributed by atoms with Gasteiger partial charge in [0.2, 0.25) is 0 Å². The van der Waals surface area contributed by atoms with Crippen LogP contribution < -0.4 is 9.47 Å². The lowest BCUT2D eigenvalue weighted by Crippen LogP contribution is -2.25. The van der Waals surface area contributed by atoms with Gasteiger partial charge in [0.25, 0.3) is 0 Å². The largest absolute Gasteiger partial charge is 0.491 e. The molecule has 26 heavy (non-hydrogen) atoms. The Morgan fingerprint density at radius 2 is 1.12 bits per heavy atom. The van der Waals surface area contributed by atoms with E-state index in [0.29, 0.717) is 11.5 Å². The van der Waals surface area contributed by atoms with Crippen molar-refractivity contribution in [3.8, 4) is 11.5 Å². The van der Waals surface area contributed by atoms with E-state index in [1.165, 1.54) is 0 Å².